The molecule has 0 fully saturated rings. The zero-order chi connectivity index (χ0) is 21.7. The Morgan fingerprint density at radius 2 is 1.71 bits per heavy atom. The van der Waals surface area contributed by atoms with Gasteiger partial charge in [-0.2, -0.15) is 5.26 Å². The van der Waals surface area contributed by atoms with Crippen molar-refractivity contribution in [2.45, 2.75) is 13.8 Å². The van der Waals surface area contributed by atoms with Gasteiger partial charge in [-0.3, -0.25) is 19.1 Å². The Kier molecular flexibility index (Phi) is 4.09. The van der Waals surface area contributed by atoms with Crippen molar-refractivity contribution in [3.63, 3.8) is 0 Å². The number of imidazole rings is 1. The van der Waals surface area contributed by atoms with E-state index in [1.54, 1.807) is 32.1 Å². The van der Waals surface area contributed by atoms with Crippen molar-refractivity contribution in [2.75, 3.05) is 0 Å². The summed E-state index contributed by atoms with van der Waals surface area (Å²) >= 11 is 0. The Bertz CT molecular complexity index is 1700. The van der Waals surface area contributed by atoms with E-state index in [4.69, 9.17) is 0 Å². The molecule has 5 aromatic rings. The lowest BCUT2D eigenvalue weighted by Crippen LogP contribution is -2.34. The summed E-state index contributed by atoms with van der Waals surface area (Å²) in [5.74, 6) is 0. The molecule has 0 bridgehead atoms. The topological polar surface area (TPSA) is 95.9 Å². The number of aryl methyl sites for hydroxylation is 1. The van der Waals surface area contributed by atoms with Crippen molar-refractivity contribution in [3.8, 4) is 11.8 Å². The standard InChI is InChI=1S/C24H17N5O2/c1-14-17(12-18-15(2)27-29(24(18)31)16-8-4-3-5-9-16)23(30)28-21-11-7-6-10-20(21)26-22(28)19(14)13-25/h3-12,27H,1-2H3/b17-12+. The quantitative estimate of drug-likeness (QED) is 0.486. The SMILES string of the molecule is Cc1[nH]n(-c2ccccc2)c(=O)c1/C=c1\c(C)c(C#N)c2nc3ccccc3n2c1=O. The molecule has 0 aliphatic heterocycles. The second-order valence-corrected chi connectivity index (χ2v) is 7.36. The molecular weight excluding hydrogens is 390 g/mol. The minimum atomic E-state index is -0.313. The van der Waals surface area contributed by atoms with Gasteiger partial charge in [0.05, 0.1) is 27.8 Å². The van der Waals surface area contributed by atoms with E-state index in [-0.39, 0.29) is 11.1 Å². The number of hydrogen-bond acceptors (Lipinski definition) is 4. The number of para-hydroxylation sites is 3. The fourth-order valence-electron chi connectivity index (χ4n) is 3.92. The van der Waals surface area contributed by atoms with Crippen LogP contribution in [0.4, 0.5) is 0 Å². The number of H-pyrrole nitrogens is 1. The Morgan fingerprint density at radius 1 is 1.00 bits per heavy atom. The second-order valence-electron chi connectivity index (χ2n) is 7.36. The third kappa shape index (κ3) is 2.69. The van der Waals surface area contributed by atoms with E-state index in [0.29, 0.717) is 50.0 Å². The van der Waals surface area contributed by atoms with Crippen LogP contribution in [0.25, 0.3) is 28.4 Å². The number of aromatic amines is 1. The van der Waals surface area contributed by atoms with Crippen LogP contribution in [0.5, 0.6) is 0 Å². The third-order valence-corrected chi connectivity index (χ3v) is 5.53. The summed E-state index contributed by atoms with van der Waals surface area (Å²) in [5.41, 5.74) is 3.53. The molecule has 2 aromatic carbocycles. The smallest absolute Gasteiger partial charge is 0.278 e. The van der Waals surface area contributed by atoms with E-state index in [1.165, 1.54) is 9.08 Å². The van der Waals surface area contributed by atoms with Gasteiger partial charge in [0.15, 0.2) is 5.65 Å². The van der Waals surface area contributed by atoms with E-state index >= 15 is 0 Å². The summed E-state index contributed by atoms with van der Waals surface area (Å²) in [6.45, 7) is 3.49. The zero-order valence-electron chi connectivity index (χ0n) is 16.9. The number of hydrogen-bond donors (Lipinski definition) is 1. The molecular formula is C24H17N5O2. The zero-order valence-corrected chi connectivity index (χ0v) is 16.9. The second kappa shape index (κ2) is 6.82. The lowest BCUT2D eigenvalue weighted by Gasteiger charge is -2.02. The van der Waals surface area contributed by atoms with Crippen molar-refractivity contribution < 1.29 is 0 Å². The maximum atomic E-state index is 13.5. The Balaban J connectivity index is 1.88. The fraction of sp³-hybridized carbons (Fsp3) is 0.0833. The predicted octanol–water partition coefficient (Wildman–Crippen LogP) is 2.36. The molecule has 0 atom stereocenters. The molecule has 3 heterocycles. The van der Waals surface area contributed by atoms with E-state index in [0.717, 1.165) is 0 Å². The van der Waals surface area contributed by atoms with Gasteiger partial charge in [-0.15, -0.1) is 0 Å². The molecule has 7 nitrogen and oxygen atoms in total. The number of fused-ring (bicyclic) bond motifs is 3. The van der Waals surface area contributed by atoms with Crippen molar-refractivity contribution in [3.05, 3.63) is 103 Å². The number of nitrogens with zero attached hydrogens (tertiary/aromatic N) is 4. The molecule has 0 unspecified atom stereocenters. The van der Waals surface area contributed by atoms with Crippen LogP contribution in [-0.4, -0.2) is 19.2 Å². The molecule has 0 aliphatic carbocycles. The highest BCUT2D eigenvalue weighted by atomic mass is 16.1. The minimum Gasteiger partial charge on any atom is -0.295 e. The number of pyridine rings is 1. The van der Waals surface area contributed by atoms with E-state index in [9.17, 15) is 14.9 Å². The van der Waals surface area contributed by atoms with E-state index in [2.05, 4.69) is 16.2 Å². The maximum absolute atomic E-state index is 13.5. The van der Waals surface area contributed by atoms with Gasteiger partial charge in [0.1, 0.15) is 6.07 Å². The summed E-state index contributed by atoms with van der Waals surface area (Å²) in [6.07, 6.45) is 1.57. The molecule has 0 aliphatic rings. The molecule has 31 heavy (non-hydrogen) atoms. The summed E-state index contributed by atoms with van der Waals surface area (Å²) in [6, 6.07) is 18.6. The highest BCUT2D eigenvalue weighted by Gasteiger charge is 2.17. The molecule has 0 saturated heterocycles. The first-order valence-corrected chi connectivity index (χ1v) is 9.74. The Labute approximate surface area is 176 Å². The normalized spacial score (nSPS) is 12.0. The number of nitrogens with one attached hydrogen (secondary N) is 1. The molecule has 0 radical (unpaired) electrons. The summed E-state index contributed by atoms with van der Waals surface area (Å²) < 4.78 is 2.89. The molecule has 0 amide bonds. The van der Waals surface area contributed by atoms with Crippen LogP contribution in [-0.2, 0) is 0 Å². The van der Waals surface area contributed by atoms with E-state index in [1.807, 2.05) is 42.5 Å². The first kappa shape index (κ1) is 18.6. The lowest BCUT2D eigenvalue weighted by atomic mass is 10.1. The van der Waals surface area contributed by atoms with Crippen molar-refractivity contribution in [2.24, 2.45) is 0 Å². The first-order chi connectivity index (χ1) is 15.0. The van der Waals surface area contributed by atoms with Gasteiger partial charge in [0.2, 0.25) is 0 Å². The summed E-state index contributed by atoms with van der Waals surface area (Å²) in [7, 11) is 0. The Hall–Kier alpha value is -4.44. The third-order valence-electron chi connectivity index (χ3n) is 5.53. The van der Waals surface area contributed by atoms with Crippen LogP contribution >= 0.6 is 0 Å². The van der Waals surface area contributed by atoms with Gasteiger partial charge in [-0.1, -0.05) is 30.3 Å². The molecule has 150 valence electrons. The number of aromatic nitrogens is 4. The van der Waals surface area contributed by atoms with Crippen molar-refractivity contribution in [1.82, 2.24) is 19.2 Å². The summed E-state index contributed by atoms with van der Waals surface area (Å²) in [4.78, 5) is 31.1. The van der Waals surface area contributed by atoms with Crippen LogP contribution < -0.4 is 16.3 Å². The van der Waals surface area contributed by atoms with Crippen molar-refractivity contribution >= 4 is 22.8 Å². The first-order valence-electron chi connectivity index (χ1n) is 9.74. The Morgan fingerprint density at radius 3 is 2.45 bits per heavy atom. The lowest BCUT2D eigenvalue weighted by molar-refractivity contribution is 0.835. The monoisotopic (exact) mass is 407 g/mol. The fourth-order valence-corrected chi connectivity index (χ4v) is 3.92. The maximum Gasteiger partial charge on any atom is 0.278 e. The molecule has 7 heteroatoms. The van der Waals surface area contributed by atoms with Crippen molar-refractivity contribution in [1.29, 1.82) is 5.26 Å². The largest absolute Gasteiger partial charge is 0.295 e. The van der Waals surface area contributed by atoms with Crippen LogP contribution in [0.15, 0.2) is 64.2 Å². The van der Waals surface area contributed by atoms with Crippen LogP contribution in [0, 0.1) is 25.2 Å². The molecule has 0 spiro atoms. The average Bonchev–Trinajstić information content (AvgIpc) is 3.30. The molecule has 3 aromatic heterocycles. The van der Waals surface area contributed by atoms with Crippen LogP contribution in [0.2, 0.25) is 0 Å². The number of nitriles is 1. The van der Waals surface area contributed by atoms with E-state index < -0.39 is 0 Å². The highest BCUT2D eigenvalue weighted by Crippen LogP contribution is 2.18. The van der Waals surface area contributed by atoms with Gasteiger partial charge in [0.25, 0.3) is 11.1 Å². The van der Waals surface area contributed by atoms with Gasteiger partial charge in [-0.25, -0.2) is 9.67 Å². The minimum absolute atomic E-state index is 0.267. The van der Waals surface area contributed by atoms with Gasteiger partial charge in [-0.05, 0) is 49.8 Å². The van der Waals surface area contributed by atoms with Gasteiger partial charge < -0.3 is 0 Å². The number of benzene rings is 2. The van der Waals surface area contributed by atoms with Gasteiger partial charge >= 0.3 is 0 Å². The van der Waals surface area contributed by atoms with Gasteiger partial charge in [0, 0.05) is 10.9 Å². The van der Waals surface area contributed by atoms with Crippen LogP contribution in [0.1, 0.15) is 22.4 Å². The summed E-state index contributed by atoms with van der Waals surface area (Å²) in [5, 5.41) is 13.2. The predicted molar refractivity (Wildman–Crippen MR) is 118 cm³/mol. The molecule has 1 N–H and O–H groups in total. The molecule has 5 rings (SSSR count). The molecule has 0 saturated carbocycles. The average molecular weight is 407 g/mol. The number of rotatable bonds is 2. The van der Waals surface area contributed by atoms with Crippen LogP contribution in [0.3, 0.4) is 0 Å². The highest BCUT2D eigenvalue weighted by molar-refractivity contribution is 5.82.